The van der Waals surface area contributed by atoms with Gasteiger partial charge in [-0.3, -0.25) is 52.7 Å². The largest absolute Gasteiger partial charge is 0.394 e. The van der Waals surface area contributed by atoms with Crippen LogP contribution in [0.1, 0.15) is 227 Å². The SMILES string of the molecule is CC[C@@H]1CC(O)CN1C(=O)CCCCCCCCCCC(=O)NC(COCCC(=O)CCCCCC(=O)CCCCO[C@@H]1O[C@H](CO)[C@H](O)[C@H](O)C1NC(C)=O)(COCCC(=O)NCCCNC(=O)CCCCOC1O[C@H](CO)[C@H](O)[C@H](O)C1NC(C)=O)COCCC(=O)NCCCNC(=O)CCCCO[C@@H]1O[C@H](CO)[C@H](O)[C@H](O)C1NC(C)=O. The molecule has 0 bridgehead atoms. The fourth-order valence-electron chi connectivity index (χ4n) is 14.4. The standard InChI is InChI=1S/C81H143N9O30/c1-5-56-45-59(99)46-90(56)68(105)31-16-11-9-7-6-8-10-15-30-67(104)89-81(50-112-42-32-58(98)26-14-12-13-25-57(97)27-17-20-39-115-78-69(86-53(2)94)75(109)72(106)60(47-91)118-78,51-113-43-33-65(102)84-37-23-35-82-63(100)28-18-21-40-116-79-70(87-54(3)95)76(110)73(107)61(48-92)119-79)52-114-44-34-66(103)85-38-24-36-83-64(101)29-19-22-41-117-80-71(88-55(4)96)77(111)74(108)62(49-93)120-80/h56,59-62,69-80,91-93,99,106-111H,5-52H2,1-4H3,(H,82,100)(H,83,101)(H,84,102)(H,85,103)(H,86,94)(H,87,95)(H,88,96)(H,89,104)/t56-,59?,60-,61-,62-,69?,70?,71?,72+,73+,74+,75-,76-,77-,78-,79-,80?,81?/m1/s1. The number of amides is 9. The van der Waals surface area contributed by atoms with Gasteiger partial charge in [-0.1, -0.05) is 51.9 Å². The summed E-state index contributed by atoms with van der Waals surface area (Å²) in [6, 6.07) is -3.19. The molecule has 0 aromatic heterocycles. The highest BCUT2D eigenvalue weighted by atomic mass is 16.7. The number of nitrogens with one attached hydrogen (secondary N) is 8. The second-order valence-electron chi connectivity index (χ2n) is 31.6. The van der Waals surface area contributed by atoms with E-state index in [9.17, 15) is 104 Å². The molecule has 4 fully saturated rings. The normalized spacial score (nSPS) is 25.3. The van der Waals surface area contributed by atoms with Gasteiger partial charge in [-0.2, -0.15) is 0 Å². The number of rotatable bonds is 66. The lowest BCUT2D eigenvalue weighted by molar-refractivity contribution is -0.270. The van der Waals surface area contributed by atoms with Crippen molar-refractivity contribution in [2.24, 2.45) is 0 Å². The Bertz CT molecular complexity index is 2740. The van der Waals surface area contributed by atoms with Crippen molar-refractivity contribution >= 4 is 64.7 Å². The number of carbonyl (C=O) groups excluding carboxylic acids is 11. The monoisotopic (exact) mass is 1720 g/mol. The van der Waals surface area contributed by atoms with Crippen LogP contribution in [0, 0.1) is 0 Å². The van der Waals surface area contributed by atoms with Crippen molar-refractivity contribution in [3.8, 4) is 0 Å². The van der Waals surface area contributed by atoms with Gasteiger partial charge < -0.3 is 141 Å². The number of aliphatic hydroxyl groups excluding tert-OH is 10. The van der Waals surface area contributed by atoms with Gasteiger partial charge in [0.15, 0.2) is 18.9 Å². The number of unbranched alkanes of at least 4 members (excludes halogenated alkanes) is 12. The van der Waals surface area contributed by atoms with Gasteiger partial charge in [0.05, 0.1) is 65.6 Å². The van der Waals surface area contributed by atoms with E-state index in [1.165, 1.54) is 20.8 Å². The summed E-state index contributed by atoms with van der Waals surface area (Å²) in [4.78, 5) is 142. The Morgan fingerprint density at radius 2 is 0.675 bits per heavy atom. The lowest BCUT2D eigenvalue weighted by atomic mass is 9.97. The number of likely N-dealkylation sites (tertiary alicyclic amines) is 1. The number of carbonyl (C=O) groups is 11. The van der Waals surface area contributed by atoms with Crippen molar-refractivity contribution in [2.75, 3.05) is 112 Å². The summed E-state index contributed by atoms with van der Waals surface area (Å²) in [7, 11) is 0. The first-order valence-corrected chi connectivity index (χ1v) is 43.2. The topological polar surface area (TPSA) is 573 Å². The van der Waals surface area contributed by atoms with Crippen LogP contribution in [0.15, 0.2) is 0 Å². The molecule has 120 heavy (non-hydrogen) atoms. The van der Waals surface area contributed by atoms with E-state index in [4.69, 9.17) is 42.6 Å². The third-order valence-electron chi connectivity index (χ3n) is 21.2. The summed E-state index contributed by atoms with van der Waals surface area (Å²) in [5.74, 6) is -3.01. The fraction of sp³-hybridized carbons (Fsp3) is 0.864. The van der Waals surface area contributed by atoms with Crippen LogP contribution in [0.3, 0.4) is 0 Å². The minimum absolute atomic E-state index is 0.0200. The molecular formula is C81H143N9O30. The van der Waals surface area contributed by atoms with Crippen LogP contribution in [0.4, 0.5) is 0 Å². The van der Waals surface area contributed by atoms with Gasteiger partial charge in [-0.05, 0) is 89.9 Å². The molecule has 9 amide bonds. The van der Waals surface area contributed by atoms with Crippen molar-refractivity contribution in [2.45, 2.75) is 336 Å². The molecule has 4 aliphatic rings. The molecule has 0 aromatic rings. The molecule has 39 heteroatoms. The molecule has 6 unspecified atom stereocenters. The first-order chi connectivity index (χ1) is 57.5. The van der Waals surface area contributed by atoms with Gasteiger partial charge in [0.2, 0.25) is 53.2 Å². The number of aliphatic hydroxyl groups is 10. The molecule has 18 N–H and O–H groups in total. The number of nitrogens with zero attached hydrogens (tertiary/aromatic N) is 1. The van der Waals surface area contributed by atoms with Crippen molar-refractivity contribution < 1.29 is 146 Å². The Hall–Kier alpha value is -6.19. The minimum atomic E-state index is -1.46. The fourth-order valence-corrected chi connectivity index (χ4v) is 14.4. The molecular weight excluding hydrogens is 1580 g/mol. The van der Waals surface area contributed by atoms with Crippen LogP contribution in [0.25, 0.3) is 0 Å². The van der Waals surface area contributed by atoms with Gasteiger partial charge in [0, 0.05) is 144 Å². The molecule has 0 spiro atoms. The second-order valence-corrected chi connectivity index (χ2v) is 31.6. The van der Waals surface area contributed by atoms with E-state index in [1.807, 2.05) is 11.8 Å². The number of hydrogen-bond acceptors (Lipinski definition) is 30. The predicted molar refractivity (Wildman–Crippen MR) is 430 cm³/mol. The number of ketones is 2. The number of hydrogen-bond donors (Lipinski definition) is 18. The summed E-state index contributed by atoms with van der Waals surface area (Å²) < 4.78 is 52.4. The van der Waals surface area contributed by atoms with Gasteiger partial charge in [0.1, 0.15) is 90.2 Å². The van der Waals surface area contributed by atoms with Gasteiger partial charge >= 0.3 is 0 Å². The average molecular weight is 1720 g/mol. The number of β-amino-alcohol motifs (C(OH)–C–C–N with tert-alkyl or cyclic N) is 1. The van der Waals surface area contributed by atoms with Crippen molar-refractivity contribution in [1.29, 1.82) is 0 Å². The molecule has 4 rings (SSSR count). The van der Waals surface area contributed by atoms with Crippen molar-refractivity contribution in [3.63, 3.8) is 0 Å². The molecule has 0 saturated carbocycles. The Labute approximate surface area is 704 Å². The smallest absolute Gasteiger partial charge is 0.222 e. The molecule has 4 saturated heterocycles. The zero-order valence-electron chi connectivity index (χ0n) is 70.8. The molecule has 692 valence electrons. The van der Waals surface area contributed by atoms with Crippen LogP contribution in [-0.2, 0) is 95.4 Å². The maximum absolute atomic E-state index is 14.1. The van der Waals surface area contributed by atoms with Crippen LogP contribution in [0.2, 0.25) is 0 Å². The van der Waals surface area contributed by atoms with E-state index in [-0.39, 0.29) is 190 Å². The Morgan fingerprint density at radius 3 is 1.04 bits per heavy atom. The van der Waals surface area contributed by atoms with E-state index in [2.05, 4.69) is 42.5 Å². The molecule has 0 aliphatic carbocycles. The third kappa shape index (κ3) is 42.5. The zero-order valence-corrected chi connectivity index (χ0v) is 70.8. The van der Waals surface area contributed by atoms with Crippen molar-refractivity contribution in [3.05, 3.63) is 0 Å². The Balaban J connectivity index is 1.30. The van der Waals surface area contributed by atoms with E-state index < -0.39 is 141 Å². The Morgan fingerprint density at radius 1 is 0.367 bits per heavy atom. The van der Waals surface area contributed by atoms with E-state index in [1.54, 1.807) is 0 Å². The summed E-state index contributed by atoms with van der Waals surface area (Å²) >= 11 is 0. The van der Waals surface area contributed by atoms with Crippen LogP contribution in [0.5, 0.6) is 0 Å². The molecule has 4 aliphatic heterocycles. The van der Waals surface area contributed by atoms with E-state index in [0.29, 0.717) is 103 Å². The molecule has 0 radical (unpaired) electrons. The highest BCUT2D eigenvalue weighted by molar-refractivity contribution is 5.80. The second kappa shape index (κ2) is 61.2. The third-order valence-corrected chi connectivity index (χ3v) is 21.2. The lowest BCUT2D eigenvalue weighted by Gasteiger charge is -2.42. The predicted octanol–water partition coefficient (Wildman–Crippen LogP) is -1.94. The summed E-state index contributed by atoms with van der Waals surface area (Å²) in [5, 5.41) is 123. The first kappa shape index (κ1) is 106. The quantitative estimate of drug-likeness (QED) is 0.0295. The minimum Gasteiger partial charge on any atom is -0.394 e. The summed E-state index contributed by atoms with van der Waals surface area (Å²) in [6.45, 7) is 4.62. The van der Waals surface area contributed by atoms with Gasteiger partial charge in [-0.15, -0.1) is 0 Å². The summed E-state index contributed by atoms with van der Waals surface area (Å²) in [5.41, 5.74) is -1.40. The number of Topliss-reactive ketones (excluding diaryl/α,β-unsaturated/α-hetero) is 2. The highest BCUT2D eigenvalue weighted by Gasteiger charge is 2.48. The highest BCUT2D eigenvalue weighted by Crippen LogP contribution is 2.28. The molecule has 18 atom stereocenters. The van der Waals surface area contributed by atoms with E-state index in [0.717, 1.165) is 51.4 Å². The first-order valence-electron chi connectivity index (χ1n) is 43.2. The van der Waals surface area contributed by atoms with Crippen LogP contribution < -0.4 is 42.5 Å². The maximum atomic E-state index is 14.1. The number of ether oxygens (including phenoxy) is 9. The van der Waals surface area contributed by atoms with E-state index >= 15 is 0 Å². The zero-order chi connectivity index (χ0) is 88.2. The van der Waals surface area contributed by atoms with Crippen molar-refractivity contribution in [1.82, 2.24) is 47.4 Å². The van der Waals surface area contributed by atoms with Gasteiger partial charge in [0.25, 0.3) is 0 Å². The Kier molecular flexibility index (Phi) is 54.1. The molecule has 0 aromatic carbocycles. The lowest BCUT2D eigenvalue weighted by Crippen LogP contribution is -2.64. The van der Waals surface area contributed by atoms with Gasteiger partial charge in [-0.25, -0.2) is 0 Å². The average Bonchev–Trinajstić information content (AvgIpc) is 0.906. The van der Waals surface area contributed by atoms with Crippen LogP contribution >= 0.6 is 0 Å². The van der Waals surface area contributed by atoms with Crippen LogP contribution in [-0.4, -0.2) is 342 Å². The summed E-state index contributed by atoms with van der Waals surface area (Å²) in [6.07, 6.45) is -1.46. The molecule has 39 nitrogen and oxygen atoms in total. The maximum Gasteiger partial charge on any atom is 0.222 e. The molecule has 4 heterocycles.